The zero-order valence-corrected chi connectivity index (χ0v) is 14.9. The van der Waals surface area contributed by atoms with Gasteiger partial charge in [0.1, 0.15) is 6.07 Å². The third kappa shape index (κ3) is 6.66. The Morgan fingerprint density at radius 1 is 0.870 bits per heavy atom. The Morgan fingerprint density at radius 2 is 1.30 bits per heavy atom. The first-order chi connectivity index (χ1) is 11.2. The molecule has 2 heteroatoms. The largest absolute Gasteiger partial charge is 0.196 e. The standard InChI is InChI=1S/C21H34FN/c1-2-17-6-8-19(9-7-17)14-15-20-12-10-18(11-13-20)4-3-5-21(22)16-23/h5,17-20H,2-4,6-15H2,1H3. The molecule has 0 amide bonds. The Kier molecular flexibility index (Phi) is 8.13. The molecule has 2 rings (SSSR count). The van der Waals surface area contributed by atoms with Crippen molar-refractivity contribution in [3.8, 4) is 6.07 Å². The maximum absolute atomic E-state index is 12.8. The highest BCUT2D eigenvalue weighted by atomic mass is 19.1. The number of rotatable bonds is 7. The molecule has 0 bridgehead atoms. The predicted octanol–water partition coefficient (Wildman–Crippen LogP) is 6.95. The fourth-order valence-corrected chi connectivity index (χ4v) is 4.70. The zero-order chi connectivity index (χ0) is 16.5. The van der Waals surface area contributed by atoms with Gasteiger partial charge in [-0.2, -0.15) is 9.65 Å². The molecule has 23 heavy (non-hydrogen) atoms. The minimum absolute atomic E-state index is 0.614. The molecule has 0 aliphatic heterocycles. The van der Waals surface area contributed by atoms with Crippen LogP contribution in [0.25, 0.3) is 0 Å². The number of hydrogen-bond acceptors (Lipinski definition) is 1. The number of nitrogens with zero attached hydrogens (tertiary/aromatic N) is 1. The monoisotopic (exact) mass is 319 g/mol. The van der Waals surface area contributed by atoms with Crippen LogP contribution in [0.3, 0.4) is 0 Å². The quantitative estimate of drug-likeness (QED) is 0.466. The Labute approximate surface area is 142 Å². The van der Waals surface area contributed by atoms with Crippen LogP contribution < -0.4 is 0 Å². The van der Waals surface area contributed by atoms with Crippen molar-refractivity contribution in [1.29, 1.82) is 5.26 Å². The average Bonchev–Trinajstić information content (AvgIpc) is 2.61. The molecule has 2 aliphatic rings. The SMILES string of the molecule is CCC1CCC(CCC2CCC(CCC=C(F)C#N)CC2)CC1. The molecule has 2 aliphatic carbocycles. The molecule has 0 aromatic carbocycles. The van der Waals surface area contributed by atoms with Crippen molar-refractivity contribution in [2.24, 2.45) is 23.7 Å². The molecule has 0 spiro atoms. The molecule has 0 radical (unpaired) electrons. The van der Waals surface area contributed by atoms with Gasteiger partial charge in [0.25, 0.3) is 0 Å². The third-order valence-electron chi connectivity index (χ3n) is 6.50. The summed E-state index contributed by atoms with van der Waals surface area (Å²) in [6, 6.07) is 1.56. The van der Waals surface area contributed by atoms with Gasteiger partial charge in [0.05, 0.1) is 0 Å². The van der Waals surface area contributed by atoms with Gasteiger partial charge in [-0.1, -0.05) is 77.6 Å². The zero-order valence-electron chi connectivity index (χ0n) is 14.9. The molecule has 0 aromatic heterocycles. The summed E-state index contributed by atoms with van der Waals surface area (Å²) in [5.74, 6) is 3.11. The topological polar surface area (TPSA) is 23.8 Å². The van der Waals surface area contributed by atoms with Crippen molar-refractivity contribution >= 4 is 0 Å². The molecular weight excluding hydrogens is 285 g/mol. The van der Waals surface area contributed by atoms with Gasteiger partial charge < -0.3 is 0 Å². The second-order valence-electron chi connectivity index (χ2n) is 8.00. The van der Waals surface area contributed by atoms with Crippen LogP contribution in [0, 0.1) is 35.0 Å². The van der Waals surface area contributed by atoms with Crippen molar-refractivity contribution in [3.63, 3.8) is 0 Å². The molecule has 0 atom stereocenters. The summed E-state index contributed by atoms with van der Waals surface area (Å²) in [6.45, 7) is 2.34. The summed E-state index contributed by atoms with van der Waals surface area (Å²) in [6.07, 6.45) is 18.8. The average molecular weight is 320 g/mol. The van der Waals surface area contributed by atoms with Crippen LogP contribution in [0.1, 0.15) is 90.4 Å². The van der Waals surface area contributed by atoms with Crippen LogP contribution in [0.4, 0.5) is 4.39 Å². The maximum Gasteiger partial charge on any atom is 0.196 e. The number of hydrogen-bond donors (Lipinski definition) is 0. The Balaban J connectivity index is 1.56. The highest BCUT2D eigenvalue weighted by Gasteiger charge is 2.24. The first kappa shape index (κ1) is 18.5. The lowest BCUT2D eigenvalue weighted by molar-refractivity contribution is 0.212. The second kappa shape index (κ2) is 10.1. The van der Waals surface area contributed by atoms with E-state index in [1.54, 1.807) is 6.07 Å². The number of halogens is 1. The van der Waals surface area contributed by atoms with Gasteiger partial charge in [-0.15, -0.1) is 0 Å². The first-order valence-corrected chi connectivity index (χ1v) is 9.97. The van der Waals surface area contributed by atoms with Crippen LogP contribution in [-0.2, 0) is 0 Å². The second-order valence-corrected chi connectivity index (χ2v) is 8.00. The lowest BCUT2D eigenvalue weighted by atomic mass is 9.74. The Hall–Kier alpha value is -0.840. The van der Waals surface area contributed by atoms with Crippen LogP contribution >= 0.6 is 0 Å². The van der Waals surface area contributed by atoms with Gasteiger partial charge in [0.15, 0.2) is 5.83 Å². The van der Waals surface area contributed by atoms with Gasteiger partial charge in [-0.05, 0) is 42.6 Å². The molecule has 2 fully saturated rings. The summed E-state index contributed by atoms with van der Waals surface area (Å²) in [7, 11) is 0. The van der Waals surface area contributed by atoms with E-state index in [2.05, 4.69) is 6.92 Å². The first-order valence-electron chi connectivity index (χ1n) is 9.97. The minimum Gasteiger partial charge on any atom is -0.195 e. The van der Waals surface area contributed by atoms with Crippen molar-refractivity contribution < 1.29 is 4.39 Å². The van der Waals surface area contributed by atoms with Crippen molar-refractivity contribution in [3.05, 3.63) is 11.9 Å². The van der Waals surface area contributed by atoms with E-state index in [9.17, 15) is 4.39 Å². The van der Waals surface area contributed by atoms with E-state index in [4.69, 9.17) is 5.26 Å². The molecule has 1 nitrogen and oxygen atoms in total. The van der Waals surface area contributed by atoms with E-state index in [1.807, 2.05) is 0 Å². The van der Waals surface area contributed by atoms with Crippen molar-refractivity contribution in [1.82, 2.24) is 0 Å². The highest BCUT2D eigenvalue weighted by molar-refractivity contribution is 5.11. The summed E-state index contributed by atoms with van der Waals surface area (Å²) >= 11 is 0. The maximum atomic E-state index is 12.8. The van der Waals surface area contributed by atoms with Gasteiger partial charge in [0, 0.05) is 0 Å². The number of nitriles is 1. The highest BCUT2D eigenvalue weighted by Crippen LogP contribution is 2.38. The van der Waals surface area contributed by atoms with E-state index in [1.165, 1.54) is 76.7 Å². The molecule has 0 heterocycles. The molecule has 0 aromatic rings. The fraction of sp³-hybridized carbons (Fsp3) is 0.857. The van der Waals surface area contributed by atoms with Crippen LogP contribution in [-0.4, -0.2) is 0 Å². The summed E-state index contributed by atoms with van der Waals surface area (Å²) in [5.41, 5.74) is 0. The third-order valence-corrected chi connectivity index (χ3v) is 6.50. The molecule has 0 saturated heterocycles. The van der Waals surface area contributed by atoms with E-state index < -0.39 is 5.83 Å². The van der Waals surface area contributed by atoms with E-state index in [-0.39, 0.29) is 0 Å². The molecule has 0 N–H and O–H groups in total. The van der Waals surface area contributed by atoms with Crippen LogP contribution in [0.2, 0.25) is 0 Å². The number of allylic oxidation sites excluding steroid dienone is 2. The van der Waals surface area contributed by atoms with Gasteiger partial charge >= 0.3 is 0 Å². The summed E-state index contributed by atoms with van der Waals surface area (Å²) in [5, 5.41) is 8.41. The smallest absolute Gasteiger partial charge is 0.195 e. The molecule has 0 unspecified atom stereocenters. The van der Waals surface area contributed by atoms with Crippen molar-refractivity contribution in [2.45, 2.75) is 90.4 Å². The Morgan fingerprint density at radius 3 is 1.74 bits per heavy atom. The van der Waals surface area contributed by atoms with Gasteiger partial charge in [-0.3, -0.25) is 0 Å². The lowest BCUT2D eigenvalue weighted by Gasteiger charge is -2.31. The summed E-state index contributed by atoms with van der Waals surface area (Å²) in [4.78, 5) is 0. The van der Waals surface area contributed by atoms with Gasteiger partial charge in [-0.25, -0.2) is 0 Å². The predicted molar refractivity (Wildman–Crippen MR) is 94.5 cm³/mol. The van der Waals surface area contributed by atoms with Crippen LogP contribution in [0.15, 0.2) is 11.9 Å². The Bertz CT molecular complexity index is 393. The minimum atomic E-state index is -0.614. The van der Waals surface area contributed by atoms with Crippen molar-refractivity contribution in [2.75, 3.05) is 0 Å². The van der Waals surface area contributed by atoms with Crippen LogP contribution in [0.5, 0.6) is 0 Å². The van der Waals surface area contributed by atoms with E-state index in [0.29, 0.717) is 0 Å². The van der Waals surface area contributed by atoms with E-state index in [0.717, 1.165) is 36.5 Å². The molecule has 2 saturated carbocycles. The normalized spacial score (nSPS) is 32.5. The fourth-order valence-electron chi connectivity index (χ4n) is 4.70. The molecular formula is C21H34FN. The van der Waals surface area contributed by atoms with E-state index >= 15 is 0 Å². The lowest BCUT2D eigenvalue weighted by Crippen LogP contribution is -2.18. The molecule has 130 valence electrons. The van der Waals surface area contributed by atoms with Gasteiger partial charge in [0.2, 0.25) is 0 Å². The summed E-state index contributed by atoms with van der Waals surface area (Å²) < 4.78 is 12.8.